The van der Waals surface area contributed by atoms with Crippen molar-refractivity contribution in [3.8, 4) is 5.75 Å². The van der Waals surface area contributed by atoms with Crippen molar-refractivity contribution < 1.29 is 14.3 Å². The van der Waals surface area contributed by atoms with Crippen molar-refractivity contribution in [2.24, 2.45) is 0 Å². The summed E-state index contributed by atoms with van der Waals surface area (Å²) in [6.45, 7) is 5.18. The SMILES string of the molecule is CC(=O)Nc1cc(NC(=O)COc2ccccc2C)ccc1C. The predicted molar refractivity (Wildman–Crippen MR) is 90.8 cm³/mol. The van der Waals surface area contributed by atoms with Gasteiger partial charge in [-0.2, -0.15) is 0 Å². The van der Waals surface area contributed by atoms with Crippen LogP contribution in [0.5, 0.6) is 5.75 Å². The summed E-state index contributed by atoms with van der Waals surface area (Å²) < 4.78 is 5.51. The zero-order valence-corrected chi connectivity index (χ0v) is 13.5. The van der Waals surface area contributed by atoms with Crippen LogP contribution < -0.4 is 15.4 Å². The number of carbonyl (C=O) groups is 2. The normalized spacial score (nSPS) is 10.0. The van der Waals surface area contributed by atoms with Crippen molar-refractivity contribution in [1.82, 2.24) is 0 Å². The van der Waals surface area contributed by atoms with Crippen LogP contribution in [0.25, 0.3) is 0 Å². The van der Waals surface area contributed by atoms with Crippen molar-refractivity contribution in [3.05, 3.63) is 53.6 Å². The fourth-order valence-electron chi connectivity index (χ4n) is 2.08. The number of rotatable bonds is 5. The van der Waals surface area contributed by atoms with Gasteiger partial charge in [-0.15, -0.1) is 0 Å². The van der Waals surface area contributed by atoms with Gasteiger partial charge in [-0.3, -0.25) is 9.59 Å². The van der Waals surface area contributed by atoms with E-state index in [9.17, 15) is 9.59 Å². The molecule has 5 nitrogen and oxygen atoms in total. The molecule has 5 heteroatoms. The van der Waals surface area contributed by atoms with Crippen LogP contribution in [0.3, 0.4) is 0 Å². The van der Waals surface area contributed by atoms with Crippen molar-refractivity contribution in [2.75, 3.05) is 17.2 Å². The quantitative estimate of drug-likeness (QED) is 0.890. The fraction of sp³-hybridized carbons (Fsp3) is 0.222. The van der Waals surface area contributed by atoms with Gasteiger partial charge in [0.15, 0.2) is 6.61 Å². The second kappa shape index (κ2) is 7.45. The molecule has 0 saturated carbocycles. The first kappa shape index (κ1) is 16.5. The number of hydrogen-bond acceptors (Lipinski definition) is 3. The molecule has 120 valence electrons. The Hall–Kier alpha value is -2.82. The molecule has 23 heavy (non-hydrogen) atoms. The summed E-state index contributed by atoms with van der Waals surface area (Å²) in [7, 11) is 0. The van der Waals surface area contributed by atoms with Gasteiger partial charge in [0, 0.05) is 18.3 Å². The van der Waals surface area contributed by atoms with E-state index in [0.717, 1.165) is 11.1 Å². The maximum Gasteiger partial charge on any atom is 0.262 e. The summed E-state index contributed by atoms with van der Waals surface area (Å²) in [4.78, 5) is 23.2. The van der Waals surface area contributed by atoms with Gasteiger partial charge in [-0.05, 0) is 43.2 Å². The Balaban J connectivity index is 1.97. The van der Waals surface area contributed by atoms with Crippen LogP contribution >= 0.6 is 0 Å². The molecule has 0 bridgehead atoms. The summed E-state index contributed by atoms with van der Waals surface area (Å²) >= 11 is 0. The first-order chi connectivity index (χ1) is 11.0. The van der Waals surface area contributed by atoms with Crippen molar-refractivity contribution in [2.45, 2.75) is 20.8 Å². The molecule has 0 aliphatic carbocycles. The van der Waals surface area contributed by atoms with Crippen LogP contribution in [0.2, 0.25) is 0 Å². The van der Waals surface area contributed by atoms with Crippen LogP contribution in [0.4, 0.5) is 11.4 Å². The highest BCUT2D eigenvalue weighted by Gasteiger charge is 2.07. The Morgan fingerprint density at radius 1 is 1.00 bits per heavy atom. The van der Waals surface area contributed by atoms with Crippen LogP contribution in [-0.4, -0.2) is 18.4 Å². The highest BCUT2D eigenvalue weighted by Crippen LogP contribution is 2.20. The number of para-hydroxylation sites is 1. The molecule has 2 aromatic carbocycles. The lowest BCUT2D eigenvalue weighted by Crippen LogP contribution is -2.20. The molecule has 2 amide bonds. The largest absolute Gasteiger partial charge is 0.483 e. The molecule has 0 heterocycles. The molecule has 2 aromatic rings. The molecule has 0 aromatic heterocycles. The Bertz CT molecular complexity index is 726. The topological polar surface area (TPSA) is 67.4 Å². The first-order valence-electron chi connectivity index (χ1n) is 7.32. The fourth-order valence-corrected chi connectivity index (χ4v) is 2.08. The van der Waals surface area contributed by atoms with Gasteiger partial charge in [0.25, 0.3) is 5.91 Å². The number of ether oxygens (including phenoxy) is 1. The zero-order chi connectivity index (χ0) is 16.8. The molecular formula is C18H20N2O3. The van der Waals surface area contributed by atoms with Crippen molar-refractivity contribution in [3.63, 3.8) is 0 Å². The van der Waals surface area contributed by atoms with E-state index < -0.39 is 0 Å². The van der Waals surface area contributed by atoms with E-state index in [1.807, 2.05) is 44.2 Å². The number of benzene rings is 2. The van der Waals surface area contributed by atoms with E-state index in [4.69, 9.17) is 4.74 Å². The summed E-state index contributed by atoms with van der Waals surface area (Å²) in [6, 6.07) is 12.9. The van der Waals surface area contributed by atoms with E-state index in [-0.39, 0.29) is 18.4 Å². The van der Waals surface area contributed by atoms with Crippen molar-refractivity contribution >= 4 is 23.2 Å². The molecule has 0 unspecified atom stereocenters. The lowest BCUT2D eigenvalue weighted by molar-refractivity contribution is -0.118. The minimum absolute atomic E-state index is 0.0752. The molecule has 0 atom stereocenters. The van der Waals surface area contributed by atoms with Gasteiger partial charge in [0.05, 0.1) is 0 Å². The van der Waals surface area contributed by atoms with Gasteiger partial charge >= 0.3 is 0 Å². The predicted octanol–water partition coefficient (Wildman–Crippen LogP) is 3.28. The number of aryl methyl sites for hydroxylation is 2. The van der Waals surface area contributed by atoms with Gasteiger partial charge in [0.2, 0.25) is 5.91 Å². The van der Waals surface area contributed by atoms with Crippen LogP contribution in [-0.2, 0) is 9.59 Å². The summed E-state index contributed by atoms with van der Waals surface area (Å²) in [5.41, 5.74) is 3.19. The molecule has 2 rings (SSSR count). The average Bonchev–Trinajstić information content (AvgIpc) is 2.49. The van der Waals surface area contributed by atoms with Crippen LogP contribution in [0.1, 0.15) is 18.1 Å². The summed E-state index contributed by atoms with van der Waals surface area (Å²) in [5, 5.41) is 5.49. The maximum absolute atomic E-state index is 12.0. The Labute approximate surface area is 135 Å². The summed E-state index contributed by atoms with van der Waals surface area (Å²) in [5.74, 6) is 0.274. The lowest BCUT2D eigenvalue weighted by atomic mass is 10.1. The van der Waals surface area contributed by atoms with Crippen LogP contribution in [0.15, 0.2) is 42.5 Å². The number of amides is 2. The average molecular weight is 312 g/mol. The molecule has 0 saturated heterocycles. The molecular weight excluding hydrogens is 292 g/mol. The highest BCUT2D eigenvalue weighted by atomic mass is 16.5. The van der Waals surface area contributed by atoms with Gasteiger partial charge in [0.1, 0.15) is 5.75 Å². The lowest BCUT2D eigenvalue weighted by Gasteiger charge is -2.12. The Kier molecular flexibility index (Phi) is 5.36. The highest BCUT2D eigenvalue weighted by molar-refractivity contribution is 5.94. The Morgan fingerprint density at radius 3 is 2.43 bits per heavy atom. The van der Waals surface area contributed by atoms with E-state index in [0.29, 0.717) is 17.1 Å². The van der Waals surface area contributed by atoms with Gasteiger partial charge < -0.3 is 15.4 Å². The number of nitrogens with one attached hydrogen (secondary N) is 2. The number of hydrogen-bond donors (Lipinski definition) is 2. The third kappa shape index (κ3) is 4.85. The monoisotopic (exact) mass is 312 g/mol. The molecule has 0 aliphatic rings. The van der Waals surface area contributed by atoms with Crippen LogP contribution in [0, 0.1) is 13.8 Å². The smallest absolute Gasteiger partial charge is 0.262 e. The maximum atomic E-state index is 12.0. The van der Waals surface area contributed by atoms with Gasteiger partial charge in [-0.25, -0.2) is 0 Å². The van der Waals surface area contributed by atoms with Crippen molar-refractivity contribution in [1.29, 1.82) is 0 Å². The molecule has 2 N–H and O–H groups in total. The third-order valence-corrected chi connectivity index (χ3v) is 3.28. The zero-order valence-electron chi connectivity index (χ0n) is 13.5. The standard InChI is InChI=1S/C18H20N2O3/c1-12-8-9-15(10-16(12)19-14(3)21)20-18(22)11-23-17-7-5-4-6-13(17)2/h4-10H,11H2,1-3H3,(H,19,21)(H,20,22). The molecule has 0 radical (unpaired) electrons. The number of carbonyl (C=O) groups excluding carboxylic acids is 2. The first-order valence-corrected chi connectivity index (χ1v) is 7.32. The van der Waals surface area contributed by atoms with E-state index in [1.54, 1.807) is 12.1 Å². The van der Waals surface area contributed by atoms with E-state index >= 15 is 0 Å². The third-order valence-electron chi connectivity index (χ3n) is 3.28. The van der Waals surface area contributed by atoms with E-state index in [1.165, 1.54) is 6.92 Å². The Morgan fingerprint density at radius 2 is 1.74 bits per heavy atom. The molecule has 0 aliphatic heterocycles. The second-order valence-electron chi connectivity index (χ2n) is 5.31. The van der Waals surface area contributed by atoms with E-state index in [2.05, 4.69) is 10.6 Å². The minimum Gasteiger partial charge on any atom is -0.483 e. The number of anilines is 2. The van der Waals surface area contributed by atoms with Gasteiger partial charge in [-0.1, -0.05) is 24.3 Å². The second-order valence-corrected chi connectivity index (χ2v) is 5.31. The minimum atomic E-state index is -0.258. The summed E-state index contributed by atoms with van der Waals surface area (Å²) in [6.07, 6.45) is 0. The molecule has 0 fully saturated rings. The molecule has 0 spiro atoms.